The first kappa shape index (κ1) is 22.0. The molecule has 0 aliphatic carbocycles. The molecule has 4 rings (SSSR count). The van der Waals surface area contributed by atoms with Gasteiger partial charge in [-0.25, -0.2) is 8.42 Å². The van der Waals surface area contributed by atoms with Gasteiger partial charge in [0.25, 0.3) is 0 Å². The monoisotopic (exact) mass is 441 g/mol. The van der Waals surface area contributed by atoms with Crippen LogP contribution < -0.4 is 0 Å². The fourth-order valence-electron chi connectivity index (χ4n) is 4.82. The second-order valence-corrected chi connectivity index (χ2v) is 11.0. The average Bonchev–Trinajstić information content (AvgIpc) is 2.76. The minimum atomic E-state index is -3.44. The van der Waals surface area contributed by atoms with Crippen LogP contribution in [0.5, 0.6) is 0 Å². The Hall–Kier alpha value is -2.22. The molecule has 0 atom stereocenters. The highest BCUT2D eigenvalue weighted by atomic mass is 32.2. The maximum atomic E-state index is 13.3. The molecule has 1 amide bonds. The third-order valence-electron chi connectivity index (χ3n) is 6.67. The number of hydrogen-bond acceptors (Lipinski definition) is 4. The third kappa shape index (κ3) is 4.68. The van der Waals surface area contributed by atoms with E-state index in [0.29, 0.717) is 19.6 Å². The minimum absolute atomic E-state index is 0.0234. The molecule has 6 nitrogen and oxygen atoms in total. The molecule has 2 aliphatic heterocycles. The van der Waals surface area contributed by atoms with E-state index in [1.165, 1.54) is 5.56 Å². The summed E-state index contributed by atoms with van der Waals surface area (Å²) >= 11 is 0. The van der Waals surface area contributed by atoms with Crippen LogP contribution in [0, 0.1) is 0 Å². The van der Waals surface area contributed by atoms with E-state index in [9.17, 15) is 13.2 Å². The zero-order valence-corrected chi connectivity index (χ0v) is 19.1. The lowest BCUT2D eigenvalue weighted by Crippen LogP contribution is -2.54. The molecule has 0 aromatic heterocycles. The fraction of sp³-hybridized carbons (Fsp3) is 0.458. The summed E-state index contributed by atoms with van der Waals surface area (Å²) < 4.78 is 28.4. The molecule has 0 radical (unpaired) electrons. The van der Waals surface area contributed by atoms with Crippen molar-refractivity contribution in [2.24, 2.45) is 0 Å². The maximum absolute atomic E-state index is 13.3. The van der Waals surface area contributed by atoms with Crippen LogP contribution in [0.2, 0.25) is 0 Å². The van der Waals surface area contributed by atoms with Gasteiger partial charge in [-0.2, -0.15) is 4.31 Å². The summed E-state index contributed by atoms with van der Waals surface area (Å²) in [6.45, 7) is 2.94. The average molecular weight is 442 g/mol. The van der Waals surface area contributed by atoms with E-state index in [0.717, 1.165) is 37.1 Å². The van der Waals surface area contributed by atoms with Gasteiger partial charge in [-0.1, -0.05) is 54.6 Å². The number of likely N-dealkylation sites (tertiary alicyclic amines) is 1. The smallest absolute Gasteiger partial charge is 0.236 e. The number of piperidine rings is 1. The molecule has 1 spiro atoms. The van der Waals surface area contributed by atoms with Crippen molar-refractivity contribution in [3.05, 3.63) is 71.3 Å². The number of nitrogens with zero attached hydrogens (tertiary/aromatic N) is 3. The van der Waals surface area contributed by atoms with Crippen LogP contribution in [0.15, 0.2) is 54.6 Å². The van der Waals surface area contributed by atoms with E-state index >= 15 is 0 Å². The Morgan fingerprint density at radius 1 is 1.00 bits per heavy atom. The number of carbonyl (C=O) groups is 1. The molecule has 2 aromatic carbocycles. The topological polar surface area (TPSA) is 60.9 Å². The summed E-state index contributed by atoms with van der Waals surface area (Å²) in [5.41, 5.74) is 2.99. The van der Waals surface area contributed by atoms with E-state index in [-0.39, 0.29) is 17.1 Å². The van der Waals surface area contributed by atoms with Gasteiger partial charge in [0.1, 0.15) is 0 Å². The Morgan fingerprint density at radius 3 is 2.32 bits per heavy atom. The van der Waals surface area contributed by atoms with Crippen LogP contribution in [-0.4, -0.2) is 68.7 Å². The second kappa shape index (κ2) is 8.73. The first-order valence-electron chi connectivity index (χ1n) is 10.8. The van der Waals surface area contributed by atoms with Crippen LogP contribution in [0.4, 0.5) is 0 Å². The molecule has 2 aromatic rings. The van der Waals surface area contributed by atoms with Crippen LogP contribution in [0.1, 0.15) is 29.5 Å². The number of likely N-dealkylation sites (N-methyl/N-ethyl adjacent to an activating group) is 1. The molecular weight excluding hydrogens is 410 g/mol. The Kier molecular flexibility index (Phi) is 6.19. The van der Waals surface area contributed by atoms with Gasteiger partial charge in [-0.3, -0.25) is 9.69 Å². The summed E-state index contributed by atoms with van der Waals surface area (Å²) in [7, 11) is 0.118. The van der Waals surface area contributed by atoms with Gasteiger partial charge in [0.05, 0.1) is 12.3 Å². The highest BCUT2D eigenvalue weighted by Gasteiger charge is 2.44. The Labute approximate surface area is 185 Å². The Bertz CT molecular complexity index is 1030. The summed E-state index contributed by atoms with van der Waals surface area (Å²) in [6.07, 6.45) is 1.70. The van der Waals surface area contributed by atoms with E-state index in [4.69, 9.17) is 0 Å². The molecule has 2 aliphatic rings. The zero-order chi connectivity index (χ0) is 22.1. The molecule has 166 valence electrons. The SMILES string of the molecule is CN(C)C(=O)CN1CCC2(CC1)CN(S(=O)(=O)Cc1ccccc1)Cc1ccccc12. The van der Waals surface area contributed by atoms with Crippen molar-refractivity contribution in [3.8, 4) is 0 Å². The van der Waals surface area contributed by atoms with Crippen LogP contribution in [0.3, 0.4) is 0 Å². The van der Waals surface area contributed by atoms with Gasteiger partial charge in [0.2, 0.25) is 15.9 Å². The minimum Gasteiger partial charge on any atom is -0.348 e. The van der Waals surface area contributed by atoms with E-state index < -0.39 is 10.0 Å². The number of fused-ring (bicyclic) bond motifs is 2. The van der Waals surface area contributed by atoms with Crippen molar-refractivity contribution >= 4 is 15.9 Å². The van der Waals surface area contributed by atoms with E-state index in [2.05, 4.69) is 23.1 Å². The zero-order valence-electron chi connectivity index (χ0n) is 18.3. The van der Waals surface area contributed by atoms with Crippen molar-refractivity contribution in [2.75, 3.05) is 40.3 Å². The Morgan fingerprint density at radius 2 is 1.65 bits per heavy atom. The van der Waals surface area contributed by atoms with Crippen molar-refractivity contribution in [1.82, 2.24) is 14.1 Å². The summed E-state index contributed by atoms with van der Waals surface area (Å²) in [4.78, 5) is 15.9. The van der Waals surface area contributed by atoms with Gasteiger partial charge >= 0.3 is 0 Å². The lowest BCUT2D eigenvalue weighted by molar-refractivity contribution is -0.130. The molecule has 0 saturated carbocycles. The van der Waals surface area contributed by atoms with Crippen LogP contribution >= 0.6 is 0 Å². The molecule has 2 heterocycles. The Balaban J connectivity index is 1.56. The number of sulfonamides is 1. The quantitative estimate of drug-likeness (QED) is 0.715. The van der Waals surface area contributed by atoms with Gasteiger partial charge in [-0.05, 0) is 42.6 Å². The molecule has 1 fully saturated rings. The molecule has 0 N–H and O–H groups in total. The highest BCUT2D eigenvalue weighted by molar-refractivity contribution is 7.88. The molecule has 0 bridgehead atoms. The van der Waals surface area contributed by atoms with Crippen molar-refractivity contribution in [2.45, 2.75) is 30.6 Å². The third-order valence-corrected chi connectivity index (χ3v) is 8.41. The standard InChI is InChI=1S/C24H31N3O3S/c1-25(2)23(28)17-26-14-12-24(13-15-26)19-27(16-21-10-6-7-11-22(21)24)31(29,30)18-20-8-4-3-5-9-20/h3-11H,12-19H2,1-2H3. The normalized spacial score (nSPS) is 19.2. The van der Waals surface area contributed by atoms with Crippen LogP contribution in [0.25, 0.3) is 0 Å². The fourth-order valence-corrected chi connectivity index (χ4v) is 6.39. The molecule has 7 heteroatoms. The van der Waals surface area contributed by atoms with Gasteiger partial charge in [-0.15, -0.1) is 0 Å². The number of rotatable bonds is 5. The number of hydrogen-bond donors (Lipinski definition) is 0. The summed E-state index contributed by atoms with van der Waals surface area (Å²) in [6, 6.07) is 17.7. The van der Waals surface area contributed by atoms with Gasteiger partial charge < -0.3 is 4.90 Å². The largest absolute Gasteiger partial charge is 0.348 e. The molecule has 1 saturated heterocycles. The predicted octanol–water partition coefficient (Wildman–Crippen LogP) is 2.45. The predicted molar refractivity (Wildman–Crippen MR) is 122 cm³/mol. The molecule has 31 heavy (non-hydrogen) atoms. The summed E-state index contributed by atoms with van der Waals surface area (Å²) in [5.74, 6) is 0.127. The number of carbonyl (C=O) groups excluding carboxylic acids is 1. The molecular formula is C24H31N3O3S. The number of amides is 1. The number of benzene rings is 2. The van der Waals surface area contributed by atoms with Gasteiger partial charge in [0, 0.05) is 32.6 Å². The molecule has 0 unspecified atom stereocenters. The van der Waals surface area contributed by atoms with Crippen molar-refractivity contribution in [3.63, 3.8) is 0 Å². The van der Waals surface area contributed by atoms with Gasteiger partial charge in [0.15, 0.2) is 0 Å². The van der Waals surface area contributed by atoms with E-state index in [1.807, 2.05) is 36.4 Å². The lowest BCUT2D eigenvalue weighted by atomic mass is 9.69. The first-order valence-corrected chi connectivity index (χ1v) is 12.4. The van der Waals surface area contributed by atoms with E-state index in [1.54, 1.807) is 23.3 Å². The first-order chi connectivity index (χ1) is 14.8. The van der Waals surface area contributed by atoms with Crippen molar-refractivity contribution < 1.29 is 13.2 Å². The summed E-state index contributed by atoms with van der Waals surface area (Å²) in [5, 5.41) is 0. The van der Waals surface area contributed by atoms with Crippen LogP contribution in [-0.2, 0) is 32.5 Å². The van der Waals surface area contributed by atoms with Crippen molar-refractivity contribution in [1.29, 1.82) is 0 Å². The lowest BCUT2D eigenvalue weighted by Gasteiger charge is -2.48. The highest BCUT2D eigenvalue weighted by Crippen LogP contribution is 2.42. The second-order valence-electron chi connectivity index (χ2n) is 9.01. The maximum Gasteiger partial charge on any atom is 0.236 e.